The summed E-state index contributed by atoms with van der Waals surface area (Å²) in [6.45, 7) is 3.42. The second-order valence-electron chi connectivity index (χ2n) is 4.86. The van der Waals surface area contributed by atoms with Gasteiger partial charge in [-0.25, -0.2) is 0 Å². The van der Waals surface area contributed by atoms with E-state index < -0.39 is 11.5 Å². The molecule has 0 aromatic rings. The highest BCUT2D eigenvalue weighted by molar-refractivity contribution is 5.80. The predicted octanol–water partition coefficient (Wildman–Crippen LogP) is 1.57. The van der Waals surface area contributed by atoms with Gasteiger partial charge in [-0.3, -0.25) is 9.59 Å². The van der Waals surface area contributed by atoms with Crippen LogP contribution in [-0.4, -0.2) is 22.4 Å². The van der Waals surface area contributed by atoms with Crippen molar-refractivity contribution in [3.63, 3.8) is 0 Å². The molecule has 1 unspecified atom stereocenters. The molecule has 0 aromatic heterocycles. The van der Waals surface area contributed by atoms with E-state index in [2.05, 4.69) is 0 Å². The van der Waals surface area contributed by atoms with E-state index in [1.54, 1.807) is 6.92 Å². The standard InChI is InChI=1S/C12H21NO3/c1-3-12(13,11(15)16)10-6-4-9(5-7-10)8(2)14/h9-10H,3-7,13H2,1-2H3,(H,15,16). The molecule has 1 aliphatic rings. The molecule has 0 amide bonds. The highest BCUT2D eigenvalue weighted by atomic mass is 16.4. The molecular formula is C12H21NO3. The molecule has 16 heavy (non-hydrogen) atoms. The number of nitrogens with two attached hydrogens (primary N) is 1. The van der Waals surface area contributed by atoms with E-state index in [1.165, 1.54) is 0 Å². The van der Waals surface area contributed by atoms with Crippen molar-refractivity contribution in [2.24, 2.45) is 17.6 Å². The quantitative estimate of drug-likeness (QED) is 0.764. The molecule has 0 spiro atoms. The van der Waals surface area contributed by atoms with Gasteiger partial charge in [0.2, 0.25) is 0 Å². The van der Waals surface area contributed by atoms with Crippen LogP contribution in [0.1, 0.15) is 46.0 Å². The Labute approximate surface area is 96.2 Å². The number of carboxylic acid groups (broad SMARTS) is 1. The number of hydrogen-bond donors (Lipinski definition) is 2. The molecule has 0 radical (unpaired) electrons. The van der Waals surface area contributed by atoms with E-state index in [0.717, 1.165) is 25.7 Å². The van der Waals surface area contributed by atoms with Gasteiger partial charge in [0.25, 0.3) is 0 Å². The molecule has 0 heterocycles. The summed E-state index contributed by atoms with van der Waals surface area (Å²) >= 11 is 0. The van der Waals surface area contributed by atoms with Crippen molar-refractivity contribution in [3.8, 4) is 0 Å². The molecule has 1 aliphatic carbocycles. The zero-order chi connectivity index (χ0) is 12.3. The van der Waals surface area contributed by atoms with E-state index in [0.29, 0.717) is 6.42 Å². The monoisotopic (exact) mass is 227 g/mol. The highest BCUT2D eigenvalue weighted by Crippen LogP contribution is 2.36. The largest absolute Gasteiger partial charge is 0.480 e. The molecule has 0 aromatic carbocycles. The van der Waals surface area contributed by atoms with Crippen LogP contribution in [-0.2, 0) is 9.59 Å². The zero-order valence-electron chi connectivity index (χ0n) is 10.0. The van der Waals surface area contributed by atoms with Gasteiger partial charge in [-0.1, -0.05) is 6.92 Å². The normalized spacial score (nSPS) is 29.4. The minimum atomic E-state index is -1.11. The summed E-state index contributed by atoms with van der Waals surface area (Å²) in [5.74, 6) is -0.578. The van der Waals surface area contributed by atoms with Gasteiger partial charge in [0.1, 0.15) is 11.3 Å². The maximum absolute atomic E-state index is 11.2. The van der Waals surface area contributed by atoms with Gasteiger partial charge in [-0.2, -0.15) is 0 Å². The second-order valence-corrected chi connectivity index (χ2v) is 4.86. The lowest BCUT2D eigenvalue weighted by atomic mass is 9.70. The highest BCUT2D eigenvalue weighted by Gasteiger charge is 2.42. The van der Waals surface area contributed by atoms with Crippen molar-refractivity contribution in [1.29, 1.82) is 0 Å². The van der Waals surface area contributed by atoms with Gasteiger partial charge < -0.3 is 10.8 Å². The van der Waals surface area contributed by atoms with Crippen LogP contribution in [0.25, 0.3) is 0 Å². The maximum atomic E-state index is 11.2. The fourth-order valence-electron chi connectivity index (χ4n) is 2.63. The Balaban J connectivity index is 2.65. The minimum Gasteiger partial charge on any atom is -0.480 e. The Morgan fingerprint density at radius 1 is 1.31 bits per heavy atom. The fourth-order valence-corrected chi connectivity index (χ4v) is 2.63. The number of carbonyl (C=O) groups is 2. The van der Waals surface area contributed by atoms with E-state index in [9.17, 15) is 9.59 Å². The first-order chi connectivity index (χ1) is 7.41. The number of rotatable bonds is 4. The van der Waals surface area contributed by atoms with Crippen LogP contribution in [0.15, 0.2) is 0 Å². The lowest BCUT2D eigenvalue weighted by molar-refractivity contribution is -0.146. The molecule has 92 valence electrons. The summed E-state index contributed by atoms with van der Waals surface area (Å²) < 4.78 is 0. The minimum absolute atomic E-state index is 0.00519. The molecule has 1 saturated carbocycles. The molecule has 1 atom stereocenters. The van der Waals surface area contributed by atoms with Crippen LogP contribution in [0.5, 0.6) is 0 Å². The number of hydrogen-bond acceptors (Lipinski definition) is 3. The topological polar surface area (TPSA) is 80.4 Å². The first-order valence-corrected chi connectivity index (χ1v) is 5.94. The number of carboxylic acids is 1. The van der Waals surface area contributed by atoms with Crippen molar-refractivity contribution in [1.82, 2.24) is 0 Å². The number of ketones is 1. The third-order valence-corrected chi connectivity index (χ3v) is 4.01. The van der Waals surface area contributed by atoms with Crippen molar-refractivity contribution in [3.05, 3.63) is 0 Å². The molecule has 0 saturated heterocycles. The summed E-state index contributed by atoms with van der Waals surface area (Å²) in [5.41, 5.74) is 4.84. The van der Waals surface area contributed by atoms with Crippen molar-refractivity contribution < 1.29 is 14.7 Å². The maximum Gasteiger partial charge on any atom is 0.323 e. The predicted molar refractivity (Wildman–Crippen MR) is 61.0 cm³/mol. The van der Waals surface area contributed by atoms with Gasteiger partial charge in [0.15, 0.2) is 0 Å². The van der Waals surface area contributed by atoms with Gasteiger partial charge in [0.05, 0.1) is 0 Å². The van der Waals surface area contributed by atoms with Crippen LogP contribution in [0.4, 0.5) is 0 Å². The summed E-state index contributed by atoms with van der Waals surface area (Å²) in [6, 6.07) is 0. The smallest absolute Gasteiger partial charge is 0.323 e. The molecule has 4 nitrogen and oxygen atoms in total. The summed E-state index contributed by atoms with van der Waals surface area (Å²) in [5, 5.41) is 9.17. The Morgan fingerprint density at radius 3 is 2.12 bits per heavy atom. The van der Waals surface area contributed by atoms with Gasteiger partial charge in [-0.15, -0.1) is 0 Å². The SMILES string of the molecule is CCC(N)(C(=O)O)C1CCC(C(C)=O)CC1. The molecule has 0 bridgehead atoms. The summed E-state index contributed by atoms with van der Waals surface area (Å²) in [7, 11) is 0. The molecule has 4 heteroatoms. The van der Waals surface area contributed by atoms with E-state index >= 15 is 0 Å². The Bertz CT molecular complexity index is 282. The zero-order valence-corrected chi connectivity index (χ0v) is 10.0. The van der Waals surface area contributed by atoms with Crippen molar-refractivity contribution >= 4 is 11.8 Å². The van der Waals surface area contributed by atoms with E-state index in [-0.39, 0.29) is 17.6 Å². The van der Waals surface area contributed by atoms with Crippen molar-refractivity contribution in [2.75, 3.05) is 0 Å². The molecule has 1 fully saturated rings. The number of aliphatic carboxylic acids is 1. The van der Waals surface area contributed by atoms with Crippen LogP contribution in [0.3, 0.4) is 0 Å². The summed E-state index contributed by atoms with van der Waals surface area (Å²) in [6.07, 6.45) is 3.51. The number of carbonyl (C=O) groups excluding carboxylic acids is 1. The van der Waals surface area contributed by atoms with E-state index in [1.807, 2.05) is 6.92 Å². The lowest BCUT2D eigenvalue weighted by Crippen LogP contribution is -2.54. The second kappa shape index (κ2) is 4.95. The van der Waals surface area contributed by atoms with Crippen LogP contribution >= 0.6 is 0 Å². The van der Waals surface area contributed by atoms with Gasteiger partial charge >= 0.3 is 5.97 Å². The summed E-state index contributed by atoms with van der Waals surface area (Å²) in [4.78, 5) is 22.4. The average Bonchev–Trinajstić information content (AvgIpc) is 2.27. The first kappa shape index (κ1) is 13.2. The number of Topliss-reactive ketones (excluding diaryl/α,β-unsaturated/α-hetero) is 1. The lowest BCUT2D eigenvalue weighted by Gasteiger charge is -2.37. The van der Waals surface area contributed by atoms with Gasteiger partial charge in [-0.05, 0) is 44.9 Å². The average molecular weight is 227 g/mol. The molecule has 0 aliphatic heterocycles. The van der Waals surface area contributed by atoms with Crippen LogP contribution < -0.4 is 5.73 Å². The first-order valence-electron chi connectivity index (χ1n) is 5.94. The third-order valence-electron chi connectivity index (χ3n) is 4.01. The molecule has 1 rings (SSSR count). The third kappa shape index (κ3) is 2.43. The van der Waals surface area contributed by atoms with Crippen LogP contribution in [0, 0.1) is 11.8 Å². The van der Waals surface area contributed by atoms with Gasteiger partial charge in [0, 0.05) is 5.92 Å². The van der Waals surface area contributed by atoms with Crippen molar-refractivity contribution in [2.45, 2.75) is 51.5 Å². The van der Waals surface area contributed by atoms with E-state index in [4.69, 9.17) is 10.8 Å². The Hall–Kier alpha value is -0.900. The Morgan fingerprint density at radius 2 is 1.81 bits per heavy atom. The fraction of sp³-hybridized carbons (Fsp3) is 0.833. The Kier molecular flexibility index (Phi) is 4.08. The molecule has 3 N–H and O–H groups in total. The van der Waals surface area contributed by atoms with Crippen LogP contribution in [0.2, 0.25) is 0 Å². The molecular weight excluding hydrogens is 206 g/mol.